The number of piperazine rings is 1. The monoisotopic (exact) mass is 440 g/mol. The van der Waals surface area contributed by atoms with Crippen LogP contribution in [0.2, 0.25) is 0 Å². The van der Waals surface area contributed by atoms with Crippen LogP contribution in [0.4, 0.5) is 5.69 Å². The van der Waals surface area contributed by atoms with Crippen molar-refractivity contribution in [2.24, 2.45) is 0 Å². The molecular weight excluding hydrogens is 420 g/mol. The molecule has 0 spiro atoms. The molecule has 1 aromatic carbocycles. The third-order valence-corrected chi connectivity index (χ3v) is 7.89. The maximum Gasteiger partial charge on any atom is 0.223 e. The summed E-state index contributed by atoms with van der Waals surface area (Å²) in [6, 6.07) is 8.79. The van der Waals surface area contributed by atoms with Crippen LogP contribution in [0.3, 0.4) is 0 Å². The highest BCUT2D eigenvalue weighted by molar-refractivity contribution is 7.91. The summed E-state index contributed by atoms with van der Waals surface area (Å²) < 4.78 is 26.3. The Morgan fingerprint density at radius 3 is 2.73 bits per heavy atom. The number of thiazole rings is 1. The van der Waals surface area contributed by atoms with E-state index in [4.69, 9.17) is 6.42 Å². The number of anilines is 1. The van der Waals surface area contributed by atoms with Crippen LogP contribution in [0, 0.1) is 12.3 Å². The Labute approximate surface area is 179 Å². The van der Waals surface area contributed by atoms with Gasteiger partial charge in [-0.05, 0) is 24.3 Å². The molecule has 30 heavy (non-hydrogen) atoms. The zero-order valence-electron chi connectivity index (χ0n) is 16.2. The molecule has 1 amide bonds. The van der Waals surface area contributed by atoms with Crippen molar-refractivity contribution in [1.29, 1.82) is 0 Å². The molecule has 0 bridgehead atoms. The highest BCUT2D eigenvalue weighted by Crippen LogP contribution is 2.27. The number of nitrogens with zero attached hydrogens (tertiary/aromatic N) is 4. The molecule has 2 aromatic heterocycles. The van der Waals surface area contributed by atoms with Crippen molar-refractivity contribution in [2.45, 2.75) is 11.3 Å². The van der Waals surface area contributed by atoms with E-state index in [1.165, 1.54) is 11.3 Å². The van der Waals surface area contributed by atoms with Gasteiger partial charge in [-0.1, -0.05) is 12.0 Å². The van der Waals surface area contributed by atoms with E-state index in [1.807, 2.05) is 12.1 Å². The third kappa shape index (κ3) is 4.15. The molecule has 1 fully saturated rings. The molecule has 0 N–H and O–H groups in total. The standard InChI is InChI=1S/C21H20N4O3S2/c1-2-16-14-17(6-8-22-16)24-9-11-25(12-10-24)20(26)7-13-30(27,28)19-5-3-4-18-21(19)29-15-23-18/h1,3-6,8,14-15H,7,9-13H2. The second-order valence-corrected chi connectivity index (χ2v) is 9.87. The number of aromatic nitrogens is 2. The Hall–Kier alpha value is -2.96. The maximum atomic E-state index is 12.8. The Balaban J connectivity index is 1.36. The lowest BCUT2D eigenvalue weighted by atomic mass is 10.2. The van der Waals surface area contributed by atoms with Gasteiger partial charge in [-0.2, -0.15) is 0 Å². The fourth-order valence-corrected chi connectivity index (χ4v) is 6.06. The van der Waals surface area contributed by atoms with Gasteiger partial charge in [-0.25, -0.2) is 18.4 Å². The lowest BCUT2D eigenvalue weighted by Crippen LogP contribution is -2.49. The number of sulfone groups is 1. The molecule has 0 radical (unpaired) electrons. The Morgan fingerprint density at radius 1 is 1.17 bits per heavy atom. The van der Waals surface area contributed by atoms with Crippen molar-refractivity contribution in [2.75, 3.05) is 36.8 Å². The van der Waals surface area contributed by atoms with Gasteiger partial charge >= 0.3 is 0 Å². The average molecular weight is 441 g/mol. The van der Waals surface area contributed by atoms with Crippen molar-refractivity contribution in [3.05, 3.63) is 47.7 Å². The van der Waals surface area contributed by atoms with E-state index < -0.39 is 9.84 Å². The number of hydrogen-bond acceptors (Lipinski definition) is 7. The molecule has 0 aliphatic carbocycles. The molecule has 3 heterocycles. The van der Waals surface area contributed by atoms with E-state index in [-0.39, 0.29) is 23.0 Å². The van der Waals surface area contributed by atoms with Crippen molar-refractivity contribution >= 4 is 43.0 Å². The number of hydrogen-bond donors (Lipinski definition) is 0. The van der Waals surface area contributed by atoms with Crippen molar-refractivity contribution in [3.63, 3.8) is 0 Å². The number of carbonyl (C=O) groups is 1. The van der Waals surface area contributed by atoms with Gasteiger partial charge in [0, 0.05) is 44.5 Å². The van der Waals surface area contributed by atoms with Gasteiger partial charge in [0.1, 0.15) is 5.69 Å². The van der Waals surface area contributed by atoms with Crippen molar-refractivity contribution in [1.82, 2.24) is 14.9 Å². The van der Waals surface area contributed by atoms with E-state index in [2.05, 4.69) is 20.8 Å². The second-order valence-electron chi connectivity index (χ2n) is 6.94. The van der Waals surface area contributed by atoms with Crippen molar-refractivity contribution < 1.29 is 13.2 Å². The predicted molar refractivity (Wildman–Crippen MR) is 117 cm³/mol. The number of terminal acetylenes is 1. The molecule has 1 aliphatic rings. The van der Waals surface area contributed by atoms with E-state index in [0.717, 1.165) is 5.69 Å². The van der Waals surface area contributed by atoms with Crippen LogP contribution >= 0.6 is 11.3 Å². The van der Waals surface area contributed by atoms with E-state index in [0.29, 0.717) is 42.1 Å². The van der Waals surface area contributed by atoms with Crippen molar-refractivity contribution in [3.8, 4) is 12.3 Å². The molecule has 1 saturated heterocycles. The number of pyridine rings is 1. The molecule has 3 aromatic rings. The predicted octanol–water partition coefficient (Wildman–Crippen LogP) is 2.19. The molecule has 154 valence electrons. The first-order valence-electron chi connectivity index (χ1n) is 9.48. The molecule has 0 atom stereocenters. The van der Waals surface area contributed by atoms with Crippen LogP contribution in [0.1, 0.15) is 12.1 Å². The van der Waals surface area contributed by atoms with Crippen LogP contribution in [-0.4, -0.2) is 61.1 Å². The zero-order chi connectivity index (χ0) is 21.1. The number of benzene rings is 1. The van der Waals surface area contributed by atoms with Gasteiger partial charge in [0.15, 0.2) is 9.84 Å². The summed E-state index contributed by atoms with van der Waals surface area (Å²) in [4.78, 5) is 25.0. The number of fused-ring (bicyclic) bond motifs is 1. The molecule has 0 saturated carbocycles. The fraction of sp³-hybridized carbons (Fsp3) is 0.286. The highest BCUT2D eigenvalue weighted by Gasteiger charge is 2.25. The Morgan fingerprint density at radius 2 is 1.97 bits per heavy atom. The first kappa shape index (κ1) is 20.3. The van der Waals surface area contributed by atoms with Crippen LogP contribution in [0.25, 0.3) is 10.2 Å². The van der Waals surface area contributed by atoms with E-state index >= 15 is 0 Å². The van der Waals surface area contributed by atoms with Crippen LogP contribution in [0.5, 0.6) is 0 Å². The minimum atomic E-state index is -3.57. The summed E-state index contributed by atoms with van der Waals surface area (Å²) in [5.74, 6) is 2.17. The van der Waals surface area contributed by atoms with Gasteiger partial charge in [0.05, 0.1) is 26.4 Å². The minimum Gasteiger partial charge on any atom is -0.368 e. The molecule has 9 heteroatoms. The second kappa shape index (κ2) is 8.42. The summed E-state index contributed by atoms with van der Waals surface area (Å²) in [6.45, 7) is 2.40. The summed E-state index contributed by atoms with van der Waals surface area (Å²) in [5, 5.41) is 0. The largest absolute Gasteiger partial charge is 0.368 e. The smallest absolute Gasteiger partial charge is 0.223 e. The summed E-state index contributed by atoms with van der Waals surface area (Å²) in [6.07, 6.45) is 7.05. The first-order chi connectivity index (χ1) is 14.5. The minimum absolute atomic E-state index is 0.0337. The topological polar surface area (TPSA) is 83.5 Å². The quantitative estimate of drug-likeness (QED) is 0.566. The normalized spacial score (nSPS) is 14.6. The van der Waals surface area contributed by atoms with Gasteiger partial charge in [-0.15, -0.1) is 17.8 Å². The molecule has 4 rings (SSSR count). The highest BCUT2D eigenvalue weighted by atomic mass is 32.2. The molecule has 7 nitrogen and oxygen atoms in total. The molecule has 0 unspecified atom stereocenters. The molecular formula is C21H20N4O3S2. The van der Waals surface area contributed by atoms with Gasteiger partial charge in [0.2, 0.25) is 5.91 Å². The first-order valence-corrected chi connectivity index (χ1v) is 12.0. The average Bonchev–Trinajstić information content (AvgIpc) is 3.26. The SMILES string of the molecule is C#Cc1cc(N2CCN(C(=O)CCS(=O)(=O)c3cccc4ncsc34)CC2)ccn1. The van der Waals surface area contributed by atoms with Gasteiger partial charge in [0.25, 0.3) is 0 Å². The maximum absolute atomic E-state index is 12.8. The van der Waals surface area contributed by atoms with E-state index in [1.54, 1.807) is 34.8 Å². The van der Waals surface area contributed by atoms with Crippen LogP contribution < -0.4 is 4.90 Å². The van der Waals surface area contributed by atoms with Crippen LogP contribution in [0.15, 0.2) is 46.9 Å². The van der Waals surface area contributed by atoms with Gasteiger partial charge in [-0.3, -0.25) is 4.79 Å². The van der Waals surface area contributed by atoms with E-state index in [9.17, 15) is 13.2 Å². The number of amides is 1. The fourth-order valence-electron chi connectivity index (χ4n) is 3.50. The number of carbonyl (C=O) groups excluding carboxylic acids is 1. The number of rotatable bonds is 5. The Bertz CT molecular complexity index is 1220. The summed E-state index contributed by atoms with van der Waals surface area (Å²) >= 11 is 1.30. The lowest BCUT2D eigenvalue weighted by Gasteiger charge is -2.36. The van der Waals surface area contributed by atoms with Gasteiger partial charge < -0.3 is 9.80 Å². The Kier molecular flexibility index (Phi) is 5.70. The molecule has 1 aliphatic heterocycles. The summed E-state index contributed by atoms with van der Waals surface area (Å²) in [7, 11) is -3.57. The third-order valence-electron chi connectivity index (χ3n) is 5.13. The zero-order valence-corrected chi connectivity index (χ0v) is 17.8. The lowest BCUT2D eigenvalue weighted by molar-refractivity contribution is -0.131. The summed E-state index contributed by atoms with van der Waals surface area (Å²) in [5.41, 5.74) is 3.84. The van der Waals surface area contributed by atoms with Crippen LogP contribution in [-0.2, 0) is 14.6 Å².